The van der Waals surface area contributed by atoms with E-state index in [2.05, 4.69) is 0 Å². The fraction of sp³-hybridized carbons (Fsp3) is 0.833. The first-order valence-corrected chi connectivity index (χ1v) is 4.60. The summed E-state index contributed by atoms with van der Waals surface area (Å²) in [6.07, 6.45) is 1.51. The van der Waals surface area contributed by atoms with E-state index in [0.717, 1.165) is 0 Å². The Hall–Kier alpha value is -0.420. The molecule has 1 saturated carbocycles. The van der Waals surface area contributed by atoms with Crippen LogP contribution in [0.25, 0.3) is 0 Å². The molecule has 64 valence electrons. The quantitative estimate of drug-likeness (QED) is 0.619. The molecular formula is C6H9O4S-. The molecule has 0 bridgehead atoms. The maximum atomic E-state index is 10.5. The van der Waals surface area contributed by atoms with E-state index in [9.17, 15) is 13.6 Å². The molecule has 5 heteroatoms. The van der Waals surface area contributed by atoms with Gasteiger partial charge in [0.2, 0.25) is 0 Å². The van der Waals surface area contributed by atoms with Crippen LogP contribution in [0, 0.1) is 5.41 Å². The summed E-state index contributed by atoms with van der Waals surface area (Å²) in [5.41, 5.74) is -0.694. The molecule has 0 heterocycles. The highest BCUT2D eigenvalue weighted by Crippen LogP contribution is 2.48. The van der Waals surface area contributed by atoms with Crippen LogP contribution in [0.2, 0.25) is 0 Å². The second kappa shape index (κ2) is 2.91. The first-order valence-electron chi connectivity index (χ1n) is 3.36. The van der Waals surface area contributed by atoms with E-state index in [4.69, 9.17) is 5.11 Å². The lowest BCUT2D eigenvalue weighted by atomic mass is 10.1. The Morgan fingerprint density at radius 2 is 2.18 bits per heavy atom. The van der Waals surface area contributed by atoms with E-state index in [1.807, 2.05) is 0 Å². The number of carboxylic acids is 1. The third-order valence-corrected chi connectivity index (χ3v) is 2.59. The molecule has 1 atom stereocenters. The Morgan fingerprint density at radius 3 is 2.45 bits per heavy atom. The highest BCUT2D eigenvalue weighted by molar-refractivity contribution is 7.79. The summed E-state index contributed by atoms with van der Waals surface area (Å²) in [5, 5.41) is 8.62. The van der Waals surface area contributed by atoms with Crippen molar-refractivity contribution in [3.05, 3.63) is 0 Å². The Bertz CT molecular complexity index is 197. The monoisotopic (exact) mass is 177 g/mol. The van der Waals surface area contributed by atoms with Crippen molar-refractivity contribution in [1.29, 1.82) is 0 Å². The number of hydrogen-bond donors (Lipinski definition) is 1. The molecule has 0 radical (unpaired) electrons. The van der Waals surface area contributed by atoms with Crippen LogP contribution in [0.4, 0.5) is 0 Å². The molecule has 0 amide bonds. The van der Waals surface area contributed by atoms with Gasteiger partial charge in [-0.15, -0.1) is 0 Å². The molecule has 11 heavy (non-hydrogen) atoms. The molecule has 1 rings (SSSR count). The van der Waals surface area contributed by atoms with Crippen molar-refractivity contribution >= 4 is 17.0 Å². The lowest BCUT2D eigenvalue weighted by molar-refractivity contribution is -0.143. The summed E-state index contributed by atoms with van der Waals surface area (Å²) in [7, 11) is 0. The number of carboxylic acid groups (broad SMARTS) is 1. The van der Waals surface area contributed by atoms with Gasteiger partial charge in [-0.1, -0.05) is 11.1 Å². The molecule has 4 nitrogen and oxygen atoms in total. The first kappa shape index (κ1) is 8.67. The van der Waals surface area contributed by atoms with Gasteiger partial charge < -0.3 is 9.66 Å². The van der Waals surface area contributed by atoms with Crippen molar-refractivity contribution in [2.45, 2.75) is 19.3 Å². The van der Waals surface area contributed by atoms with Crippen LogP contribution >= 0.6 is 0 Å². The minimum atomic E-state index is -2.10. The van der Waals surface area contributed by atoms with Crippen LogP contribution in [0.15, 0.2) is 0 Å². The number of hydrogen-bond acceptors (Lipinski definition) is 3. The molecule has 1 aliphatic rings. The van der Waals surface area contributed by atoms with E-state index >= 15 is 0 Å². The zero-order chi connectivity index (χ0) is 8.48. The molecule has 1 N–H and O–H groups in total. The largest absolute Gasteiger partial charge is 0.772 e. The summed E-state index contributed by atoms with van der Waals surface area (Å²) in [4.78, 5) is 10.5. The standard InChI is InChI=1S/C6H10O4S/c7-5(8)6(1-2-6)3-4-11(9)10/h1-4H2,(H,7,8)(H,9,10)/p-1. The van der Waals surface area contributed by atoms with Crippen molar-refractivity contribution in [2.24, 2.45) is 5.41 Å². The minimum absolute atomic E-state index is 0.0354. The van der Waals surface area contributed by atoms with Gasteiger partial charge in [-0.3, -0.25) is 9.00 Å². The van der Waals surface area contributed by atoms with E-state index < -0.39 is 22.5 Å². The summed E-state index contributed by atoms with van der Waals surface area (Å²) >= 11 is -2.10. The fourth-order valence-electron chi connectivity index (χ4n) is 1.00. The van der Waals surface area contributed by atoms with Gasteiger partial charge in [0.15, 0.2) is 0 Å². The normalized spacial score (nSPS) is 22.6. The van der Waals surface area contributed by atoms with Crippen molar-refractivity contribution in [1.82, 2.24) is 0 Å². The van der Waals surface area contributed by atoms with Gasteiger partial charge in [0.1, 0.15) is 0 Å². The average Bonchev–Trinajstić information content (AvgIpc) is 2.63. The van der Waals surface area contributed by atoms with Crippen LogP contribution < -0.4 is 0 Å². The van der Waals surface area contributed by atoms with Gasteiger partial charge in [0, 0.05) is 5.75 Å². The molecule has 1 fully saturated rings. The second-order valence-electron chi connectivity index (χ2n) is 2.84. The summed E-state index contributed by atoms with van der Waals surface area (Å²) in [6, 6.07) is 0. The molecule has 0 aromatic carbocycles. The van der Waals surface area contributed by atoms with Crippen molar-refractivity contribution in [3.8, 4) is 0 Å². The van der Waals surface area contributed by atoms with Crippen LogP contribution in [-0.2, 0) is 15.9 Å². The van der Waals surface area contributed by atoms with Crippen molar-refractivity contribution in [3.63, 3.8) is 0 Å². The lowest BCUT2D eigenvalue weighted by Crippen LogP contribution is -2.17. The van der Waals surface area contributed by atoms with Crippen molar-refractivity contribution in [2.75, 3.05) is 5.75 Å². The second-order valence-corrected chi connectivity index (χ2v) is 3.86. The van der Waals surface area contributed by atoms with Gasteiger partial charge >= 0.3 is 5.97 Å². The van der Waals surface area contributed by atoms with Gasteiger partial charge in [-0.2, -0.15) is 0 Å². The topological polar surface area (TPSA) is 77.4 Å². The Balaban J connectivity index is 2.36. The summed E-state index contributed by atoms with van der Waals surface area (Å²) in [6.45, 7) is 0. The van der Waals surface area contributed by atoms with Gasteiger partial charge in [0.05, 0.1) is 5.41 Å². The molecule has 0 aliphatic heterocycles. The first-order chi connectivity index (χ1) is 5.07. The van der Waals surface area contributed by atoms with Crippen LogP contribution in [0.3, 0.4) is 0 Å². The predicted molar refractivity (Wildman–Crippen MR) is 37.7 cm³/mol. The number of aliphatic carboxylic acids is 1. The number of rotatable bonds is 4. The third kappa shape index (κ3) is 2.00. The van der Waals surface area contributed by atoms with E-state index in [1.165, 1.54) is 0 Å². The third-order valence-electron chi connectivity index (χ3n) is 2.05. The molecule has 0 saturated heterocycles. The molecule has 1 aliphatic carbocycles. The van der Waals surface area contributed by atoms with E-state index in [-0.39, 0.29) is 12.2 Å². The smallest absolute Gasteiger partial charge is 0.309 e. The average molecular weight is 177 g/mol. The molecule has 0 aromatic heterocycles. The van der Waals surface area contributed by atoms with Crippen LogP contribution in [-0.4, -0.2) is 25.6 Å². The van der Waals surface area contributed by atoms with E-state index in [1.54, 1.807) is 0 Å². The Morgan fingerprint density at radius 1 is 1.64 bits per heavy atom. The maximum Gasteiger partial charge on any atom is 0.309 e. The predicted octanol–water partition coefficient (Wildman–Crippen LogP) is 0.120. The Kier molecular flexibility index (Phi) is 2.29. The van der Waals surface area contributed by atoms with Gasteiger partial charge in [-0.25, -0.2) is 0 Å². The molecule has 0 aromatic rings. The highest BCUT2D eigenvalue weighted by atomic mass is 32.2. The van der Waals surface area contributed by atoms with Gasteiger partial charge in [0.25, 0.3) is 0 Å². The maximum absolute atomic E-state index is 10.5. The summed E-state index contributed by atoms with van der Waals surface area (Å²) < 4.78 is 20.2. The SMILES string of the molecule is O=C(O)C1(CCS(=O)[O-])CC1. The molecule has 1 unspecified atom stereocenters. The molecule has 0 spiro atoms. The zero-order valence-electron chi connectivity index (χ0n) is 5.91. The number of carbonyl (C=O) groups is 1. The van der Waals surface area contributed by atoms with Crippen LogP contribution in [0.1, 0.15) is 19.3 Å². The van der Waals surface area contributed by atoms with Crippen molar-refractivity contribution < 1.29 is 18.7 Å². The zero-order valence-corrected chi connectivity index (χ0v) is 6.73. The fourth-order valence-corrected chi connectivity index (χ4v) is 1.56. The lowest BCUT2D eigenvalue weighted by Gasteiger charge is -2.09. The Labute approximate surface area is 66.9 Å². The summed E-state index contributed by atoms with van der Waals surface area (Å²) in [5.74, 6) is -0.894. The minimum Gasteiger partial charge on any atom is -0.772 e. The van der Waals surface area contributed by atoms with Gasteiger partial charge in [-0.05, 0) is 19.3 Å². The molecular weight excluding hydrogens is 168 g/mol. The highest BCUT2D eigenvalue weighted by Gasteiger charge is 2.49. The van der Waals surface area contributed by atoms with E-state index in [0.29, 0.717) is 12.8 Å². The van der Waals surface area contributed by atoms with Crippen LogP contribution in [0.5, 0.6) is 0 Å².